The second-order valence-corrected chi connectivity index (χ2v) is 7.60. The molecule has 1 aliphatic rings. The van der Waals surface area contributed by atoms with Crippen molar-refractivity contribution in [3.63, 3.8) is 0 Å². The lowest BCUT2D eigenvalue weighted by Crippen LogP contribution is -2.55. The van der Waals surface area contributed by atoms with Crippen molar-refractivity contribution in [2.24, 2.45) is 0 Å². The van der Waals surface area contributed by atoms with E-state index in [2.05, 4.69) is 15.4 Å². The van der Waals surface area contributed by atoms with Crippen LogP contribution in [0.15, 0.2) is 46.3 Å². The number of methoxy groups -OCH3 is 2. The smallest absolute Gasteiger partial charge is 0.325 e. The summed E-state index contributed by atoms with van der Waals surface area (Å²) >= 11 is 1.45. The zero-order valence-electron chi connectivity index (χ0n) is 16.2. The van der Waals surface area contributed by atoms with E-state index in [-0.39, 0.29) is 22.8 Å². The summed E-state index contributed by atoms with van der Waals surface area (Å²) in [6, 6.07) is 11.0. The first-order valence-electron chi connectivity index (χ1n) is 9.07. The fourth-order valence-corrected chi connectivity index (χ4v) is 3.97. The SMILES string of the molecule is CCSc1n[n+]2c(c(=O)[nH]1)-c1ccccc1N[C@@H]2c1cc(OC)c(O)c(OC)c1. The molecule has 2 heterocycles. The number of benzene rings is 2. The number of phenolic OH excluding ortho intramolecular Hbond substituents is 1. The first-order chi connectivity index (χ1) is 14.1. The van der Waals surface area contributed by atoms with E-state index >= 15 is 0 Å². The molecule has 3 N–H and O–H groups in total. The predicted molar refractivity (Wildman–Crippen MR) is 110 cm³/mol. The monoisotopic (exact) mass is 413 g/mol. The van der Waals surface area contributed by atoms with Crippen LogP contribution in [0.1, 0.15) is 18.7 Å². The maximum atomic E-state index is 13.0. The van der Waals surface area contributed by atoms with Crippen molar-refractivity contribution < 1.29 is 19.3 Å². The minimum Gasteiger partial charge on any atom is -0.502 e. The third kappa shape index (κ3) is 3.27. The number of H-pyrrole nitrogens is 1. The van der Waals surface area contributed by atoms with Gasteiger partial charge >= 0.3 is 11.3 Å². The Labute approximate surface area is 171 Å². The molecule has 0 aliphatic carbocycles. The Hall–Kier alpha value is -3.20. The van der Waals surface area contributed by atoms with Crippen molar-refractivity contribution in [3.05, 3.63) is 52.3 Å². The molecule has 150 valence electrons. The summed E-state index contributed by atoms with van der Waals surface area (Å²) in [5.74, 6) is 1.24. The van der Waals surface area contributed by atoms with Crippen LogP contribution in [0, 0.1) is 0 Å². The Balaban J connectivity index is 1.97. The number of hydrogen-bond donors (Lipinski definition) is 3. The lowest BCUT2D eigenvalue weighted by atomic mass is 10.0. The van der Waals surface area contributed by atoms with Gasteiger partial charge in [-0.1, -0.05) is 30.8 Å². The summed E-state index contributed by atoms with van der Waals surface area (Å²) in [7, 11) is 2.95. The van der Waals surface area contributed by atoms with E-state index in [1.54, 1.807) is 16.8 Å². The van der Waals surface area contributed by atoms with Gasteiger partial charge in [0.2, 0.25) is 10.9 Å². The Morgan fingerprint density at radius 2 is 1.90 bits per heavy atom. The average molecular weight is 413 g/mol. The number of nitrogens with zero attached hydrogens (tertiary/aromatic N) is 2. The van der Waals surface area contributed by atoms with Gasteiger partial charge in [-0.3, -0.25) is 9.78 Å². The van der Waals surface area contributed by atoms with Crippen LogP contribution in [-0.4, -0.2) is 35.2 Å². The summed E-state index contributed by atoms with van der Waals surface area (Å²) in [6.45, 7) is 2.00. The molecular formula is C20H21N4O4S+. The summed E-state index contributed by atoms with van der Waals surface area (Å²) in [5, 5.41) is 18.9. The largest absolute Gasteiger partial charge is 0.502 e. The molecule has 0 amide bonds. The standard InChI is InChI=1S/C20H20N4O4S/c1-4-29-20-22-19(26)16-12-7-5-6-8-13(12)21-18(24(16)23-20)11-9-14(27-2)17(25)15(10-11)28-3/h5-10,18H,4H2,1-3H3,(H2,22,23,25,26)/p+1/t18-/m0/s1. The second kappa shape index (κ2) is 7.67. The summed E-state index contributed by atoms with van der Waals surface area (Å²) in [4.78, 5) is 15.8. The Morgan fingerprint density at radius 1 is 1.21 bits per heavy atom. The molecule has 9 heteroatoms. The molecule has 1 atom stereocenters. The van der Waals surface area contributed by atoms with E-state index in [0.717, 1.165) is 22.6 Å². The highest BCUT2D eigenvalue weighted by molar-refractivity contribution is 7.99. The fraction of sp³-hybridized carbons (Fsp3) is 0.250. The highest BCUT2D eigenvalue weighted by atomic mass is 32.2. The highest BCUT2D eigenvalue weighted by Crippen LogP contribution is 2.40. The van der Waals surface area contributed by atoms with Crippen molar-refractivity contribution in [3.8, 4) is 28.5 Å². The molecule has 29 heavy (non-hydrogen) atoms. The number of rotatable bonds is 5. The van der Waals surface area contributed by atoms with Gasteiger partial charge in [0.15, 0.2) is 11.5 Å². The molecule has 0 spiro atoms. The van der Waals surface area contributed by atoms with E-state index in [1.165, 1.54) is 26.0 Å². The van der Waals surface area contributed by atoms with E-state index in [1.807, 2.05) is 31.2 Å². The minimum absolute atomic E-state index is 0.0821. The van der Waals surface area contributed by atoms with Crippen molar-refractivity contribution >= 4 is 17.4 Å². The second-order valence-electron chi connectivity index (χ2n) is 6.35. The zero-order chi connectivity index (χ0) is 20.5. The number of aromatic hydroxyl groups is 1. The summed E-state index contributed by atoms with van der Waals surface area (Å²) in [6.07, 6.45) is -0.498. The highest BCUT2D eigenvalue weighted by Gasteiger charge is 2.38. The third-order valence-electron chi connectivity index (χ3n) is 4.68. The van der Waals surface area contributed by atoms with Gasteiger partial charge < -0.3 is 19.9 Å². The fourth-order valence-electron chi connectivity index (χ4n) is 3.39. The topological polar surface area (TPSA) is 100 Å². The van der Waals surface area contributed by atoms with Gasteiger partial charge in [-0.2, -0.15) is 0 Å². The maximum Gasteiger partial charge on any atom is 0.325 e. The molecule has 0 saturated heterocycles. The molecular weight excluding hydrogens is 392 g/mol. The van der Waals surface area contributed by atoms with Crippen LogP contribution in [-0.2, 0) is 0 Å². The molecule has 0 unspecified atom stereocenters. The number of fused-ring (bicyclic) bond motifs is 3. The lowest BCUT2D eigenvalue weighted by molar-refractivity contribution is -0.759. The summed E-state index contributed by atoms with van der Waals surface area (Å²) < 4.78 is 12.3. The van der Waals surface area contributed by atoms with Gasteiger partial charge in [-0.25, -0.2) is 0 Å². The number of hydrogen-bond acceptors (Lipinski definition) is 7. The maximum absolute atomic E-state index is 13.0. The molecule has 0 radical (unpaired) electrons. The molecule has 8 nitrogen and oxygen atoms in total. The Kier molecular flexibility index (Phi) is 5.06. The van der Waals surface area contributed by atoms with Crippen molar-refractivity contribution in [1.82, 2.24) is 10.1 Å². The van der Waals surface area contributed by atoms with Gasteiger partial charge in [0, 0.05) is 5.10 Å². The number of thioether (sulfide) groups is 1. The van der Waals surface area contributed by atoms with Crippen molar-refractivity contribution in [2.45, 2.75) is 18.2 Å². The van der Waals surface area contributed by atoms with E-state index in [0.29, 0.717) is 10.9 Å². The van der Waals surface area contributed by atoms with Gasteiger partial charge in [-0.05, 0) is 34.7 Å². The molecule has 0 saturated carbocycles. The molecule has 2 aromatic carbocycles. The van der Waals surface area contributed by atoms with Crippen LogP contribution >= 0.6 is 11.8 Å². The van der Waals surface area contributed by atoms with Crippen LogP contribution in [0.4, 0.5) is 5.69 Å². The molecule has 3 aromatic rings. The lowest BCUT2D eigenvalue weighted by Gasteiger charge is -2.23. The van der Waals surface area contributed by atoms with E-state index < -0.39 is 6.17 Å². The van der Waals surface area contributed by atoms with Crippen LogP contribution in [0.5, 0.6) is 17.2 Å². The number of para-hydroxylation sites is 1. The number of aromatic nitrogens is 3. The van der Waals surface area contributed by atoms with Crippen LogP contribution in [0.2, 0.25) is 0 Å². The van der Waals surface area contributed by atoms with Crippen LogP contribution in [0.25, 0.3) is 11.3 Å². The van der Waals surface area contributed by atoms with Gasteiger partial charge in [0.05, 0.1) is 31.0 Å². The van der Waals surface area contributed by atoms with Crippen molar-refractivity contribution in [1.29, 1.82) is 0 Å². The number of anilines is 1. The predicted octanol–water partition coefficient (Wildman–Crippen LogP) is 2.53. The van der Waals surface area contributed by atoms with Gasteiger partial charge in [-0.15, -0.1) is 0 Å². The first kappa shape index (κ1) is 19.1. The minimum atomic E-state index is -0.498. The van der Waals surface area contributed by atoms with Crippen molar-refractivity contribution in [2.75, 3.05) is 25.3 Å². The summed E-state index contributed by atoms with van der Waals surface area (Å²) in [5.41, 5.74) is 2.54. The quantitative estimate of drug-likeness (QED) is 0.437. The van der Waals surface area contributed by atoms with E-state index in [4.69, 9.17) is 9.47 Å². The average Bonchev–Trinajstić information content (AvgIpc) is 2.73. The van der Waals surface area contributed by atoms with Crippen LogP contribution < -0.4 is 25.0 Å². The number of phenols is 1. The number of nitrogens with one attached hydrogen (secondary N) is 2. The van der Waals surface area contributed by atoms with E-state index in [9.17, 15) is 9.90 Å². The van der Waals surface area contributed by atoms with Gasteiger partial charge in [0.1, 0.15) is 0 Å². The normalized spacial score (nSPS) is 14.5. The molecule has 1 aromatic heterocycles. The van der Waals surface area contributed by atoms with Gasteiger partial charge in [0.25, 0.3) is 6.17 Å². The molecule has 0 fully saturated rings. The van der Waals surface area contributed by atoms with Crippen LogP contribution in [0.3, 0.4) is 0 Å². The number of ether oxygens (including phenoxy) is 2. The molecule has 0 bridgehead atoms. The Bertz CT molecular complexity index is 1110. The number of aromatic amines is 1. The molecule has 4 rings (SSSR count). The first-order valence-corrected chi connectivity index (χ1v) is 10.1. The molecule has 1 aliphatic heterocycles. The Morgan fingerprint density at radius 3 is 2.55 bits per heavy atom. The third-order valence-corrected chi connectivity index (χ3v) is 5.43. The zero-order valence-corrected chi connectivity index (χ0v) is 17.0.